The van der Waals surface area contributed by atoms with E-state index in [1.54, 1.807) is 0 Å². The van der Waals surface area contributed by atoms with Crippen LogP contribution in [0.1, 0.15) is 17.0 Å². The average Bonchev–Trinajstić information content (AvgIpc) is 2.85. The van der Waals surface area contributed by atoms with Gasteiger partial charge in [-0.2, -0.15) is 0 Å². The Kier molecular flexibility index (Phi) is 3.00. The molecular weight excluding hydrogens is 246 g/mol. The molecule has 0 amide bonds. The highest BCUT2D eigenvalue weighted by Crippen LogP contribution is 2.26. The van der Waals surface area contributed by atoms with Crippen LogP contribution in [0.15, 0.2) is 30.6 Å². The summed E-state index contributed by atoms with van der Waals surface area (Å²) in [4.78, 5) is 6.75. The van der Waals surface area contributed by atoms with Crippen LogP contribution < -0.4 is 4.90 Å². The summed E-state index contributed by atoms with van der Waals surface area (Å²) < 4.78 is 2.21. The first-order chi connectivity index (χ1) is 8.78. The van der Waals surface area contributed by atoms with E-state index in [1.165, 1.54) is 16.8 Å². The molecule has 0 saturated carbocycles. The van der Waals surface area contributed by atoms with Gasteiger partial charge in [-0.1, -0.05) is 17.7 Å². The van der Waals surface area contributed by atoms with E-state index >= 15 is 0 Å². The van der Waals surface area contributed by atoms with Crippen molar-refractivity contribution in [3.05, 3.63) is 47.5 Å². The minimum Gasteiger partial charge on any atom is -0.362 e. The quantitative estimate of drug-likeness (QED) is 0.775. The van der Waals surface area contributed by atoms with E-state index in [0.29, 0.717) is 5.88 Å². The third kappa shape index (κ3) is 1.99. The third-order valence-electron chi connectivity index (χ3n) is 3.46. The fraction of sp³-hybridized carbons (Fsp3) is 0.357. The zero-order chi connectivity index (χ0) is 12.5. The van der Waals surface area contributed by atoms with Gasteiger partial charge in [0.05, 0.1) is 6.54 Å². The molecule has 4 heteroatoms. The molecule has 0 saturated heterocycles. The number of anilines is 1. The number of halogens is 1. The van der Waals surface area contributed by atoms with Crippen molar-refractivity contribution in [1.29, 1.82) is 0 Å². The van der Waals surface area contributed by atoms with Crippen LogP contribution in [-0.4, -0.2) is 16.1 Å². The SMILES string of the molecule is Cc1ccc(N2CCn3ccnc3C2)c(CCl)c1. The molecule has 0 radical (unpaired) electrons. The van der Waals surface area contributed by atoms with Gasteiger partial charge < -0.3 is 9.47 Å². The van der Waals surface area contributed by atoms with Crippen molar-refractivity contribution in [3.8, 4) is 0 Å². The Bertz CT molecular complexity index is 562. The van der Waals surface area contributed by atoms with Gasteiger partial charge in [0, 0.05) is 37.1 Å². The summed E-state index contributed by atoms with van der Waals surface area (Å²) in [5, 5.41) is 0. The molecule has 0 fully saturated rings. The van der Waals surface area contributed by atoms with Crippen LogP contribution in [0.25, 0.3) is 0 Å². The van der Waals surface area contributed by atoms with E-state index in [4.69, 9.17) is 11.6 Å². The second kappa shape index (κ2) is 4.65. The molecule has 2 aromatic rings. The topological polar surface area (TPSA) is 21.1 Å². The zero-order valence-corrected chi connectivity index (χ0v) is 11.2. The van der Waals surface area contributed by atoms with Gasteiger partial charge in [0.1, 0.15) is 5.82 Å². The van der Waals surface area contributed by atoms with Gasteiger partial charge in [0.2, 0.25) is 0 Å². The van der Waals surface area contributed by atoms with E-state index in [-0.39, 0.29) is 0 Å². The smallest absolute Gasteiger partial charge is 0.128 e. The second-order valence-corrected chi connectivity index (χ2v) is 4.99. The van der Waals surface area contributed by atoms with E-state index in [0.717, 1.165) is 25.5 Å². The second-order valence-electron chi connectivity index (χ2n) is 4.72. The summed E-state index contributed by atoms with van der Waals surface area (Å²) in [6, 6.07) is 6.49. The molecule has 2 heterocycles. The maximum atomic E-state index is 6.05. The maximum Gasteiger partial charge on any atom is 0.128 e. The Balaban J connectivity index is 1.93. The van der Waals surface area contributed by atoms with Gasteiger partial charge in [0.25, 0.3) is 0 Å². The van der Waals surface area contributed by atoms with Crippen molar-refractivity contribution < 1.29 is 0 Å². The molecule has 1 aliphatic rings. The largest absolute Gasteiger partial charge is 0.362 e. The van der Waals surface area contributed by atoms with Crippen molar-refractivity contribution in [2.75, 3.05) is 11.4 Å². The number of alkyl halides is 1. The number of imidazole rings is 1. The molecule has 94 valence electrons. The lowest BCUT2D eigenvalue weighted by molar-refractivity contribution is 0.559. The molecule has 0 N–H and O–H groups in total. The Labute approximate surface area is 112 Å². The zero-order valence-electron chi connectivity index (χ0n) is 10.4. The number of fused-ring (bicyclic) bond motifs is 1. The molecule has 0 unspecified atom stereocenters. The molecule has 1 aromatic carbocycles. The fourth-order valence-corrected chi connectivity index (χ4v) is 2.72. The van der Waals surface area contributed by atoms with E-state index in [1.807, 2.05) is 12.4 Å². The molecule has 1 aromatic heterocycles. The third-order valence-corrected chi connectivity index (χ3v) is 3.75. The van der Waals surface area contributed by atoms with Gasteiger partial charge in [-0.05, 0) is 18.6 Å². The first-order valence-corrected chi connectivity index (χ1v) is 6.72. The predicted molar refractivity (Wildman–Crippen MR) is 74.0 cm³/mol. The highest BCUT2D eigenvalue weighted by atomic mass is 35.5. The van der Waals surface area contributed by atoms with Crippen LogP contribution in [-0.2, 0) is 19.0 Å². The number of aryl methyl sites for hydroxylation is 1. The molecule has 0 atom stereocenters. The first kappa shape index (κ1) is 11.6. The number of nitrogens with zero attached hydrogens (tertiary/aromatic N) is 3. The van der Waals surface area contributed by atoms with Gasteiger partial charge in [-0.15, -0.1) is 11.6 Å². The van der Waals surface area contributed by atoms with Gasteiger partial charge in [0.15, 0.2) is 0 Å². The maximum absolute atomic E-state index is 6.05. The Morgan fingerprint density at radius 1 is 1.33 bits per heavy atom. The summed E-state index contributed by atoms with van der Waals surface area (Å²) in [6.45, 7) is 4.96. The minimum atomic E-state index is 0.557. The van der Waals surface area contributed by atoms with Crippen molar-refractivity contribution in [1.82, 2.24) is 9.55 Å². The number of aromatic nitrogens is 2. The van der Waals surface area contributed by atoms with Crippen LogP contribution >= 0.6 is 11.6 Å². The van der Waals surface area contributed by atoms with Crippen molar-refractivity contribution >= 4 is 17.3 Å². The highest BCUT2D eigenvalue weighted by molar-refractivity contribution is 6.17. The standard InChI is InChI=1S/C14H16ClN3/c1-11-2-3-13(12(8-11)9-15)18-7-6-17-5-4-16-14(17)10-18/h2-5,8H,6-7,9-10H2,1H3. The minimum absolute atomic E-state index is 0.557. The average molecular weight is 262 g/mol. The van der Waals surface area contributed by atoms with Crippen LogP contribution in [0.4, 0.5) is 5.69 Å². The number of rotatable bonds is 2. The molecule has 3 nitrogen and oxygen atoms in total. The molecular formula is C14H16ClN3. The lowest BCUT2D eigenvalue weighted by Crippen LogP contribution is -2.34. The first-order valence-electron chi connectivity index (χ1n) is 6.18. The number of benzene rings is 1. The summed E-state index contributed by atoms with van der Waals surface area (Å²) >= 11 is 6.05. The van der Waals surface area contributed by atoms with Gasteiger partial charge in [-0.3, -0.25) is 0 Å². The summed E-state index contributed by atoms with van der Waals surface area (Å²) in [5.41, 5.74) is 3.70. The normalized spacial score (nSPS) is 14.7. The summed E-state index contributed by atoms with van der Waals surface area (Å²) in [6.07, 6.45) is 3.92. The Morgan fingerprint density at radius 2 is 2.22 bits per heavy atom. The molecule has 0 aliphatic carbocycles. The predicted octanol–water partition coefficient (Wildman–Crippen LogP) is 2.95. The molecule has 0 spiro atoms. The van der Waals surface area contributed by atoms with Crippen LogP contribution in [0.5, 0.6) is 0 Å². The van der Waals surface area contributed by atoms with E-state index in [9.17, 15) is 0 Å². The molecule has 0 bridgehead atoms. The lowest BCUT2D eigenvalue weighted by Gasteiger charge is -2.31. The highest BCUT2D eigenvalue weighted by Gasteiger charge is 2.18. The molecule has 1 aliphatic heterocycles. The van der Waals surface area contributed by atoms with Gasteiger partial charge >= 0.3 is 0 Å². The monoisotopic (exact) mass is 261 g/mol. The van der Waals surface area contributed by atoms with Crippen molar-refractivity contribution in [3.63, 3.8) is 0 Å². The van der Waals surface area contributed by atoms with Crippen LogP contribution in [0, 0.1) is 6.92 Å². The van der Waals surface area contributed by atoms with E-state index in [2.05, 4.69) is 39.6 Å². The van der Waals surface area contributed by atoms with Crippen LogP contribution in [0.3, 0.4) is 0 Å². The Morgan fingerprint density at radius 3 is 3.06 bits per heavy atom. The van der Waals surface area contributed by atoms with Gasteiger partial charge in [-0.25, -0.2) is 4.98 Å². The molecule has 18 heavy (non-hydrogen) atoms. The van der Waals surface area contributed by atoms with Crippen LogP contribution in [0.2, 0.25) is 0 Å². The fourth-order valence-electron chi connectivity index (χ4n) is 2.51. The molecule has 3 rings (SSSR count). The number of hydrogen-bond acceptors (Lipinski definition) is 2. The summed E-state index contributed by atoms with van der Waals surface area (Å²) in [5.74, 6) is 1.68. The number of hydrogen-bond donors (Lipinski definition) is 0. The Hall–Kier alpha value is -1.48. The van der Waals surface area contributed by atoms with E-state index < -0.39 is 0 Å². The lowest BCUT2D eigenvalue weighted by atomic mass is 10.1. The summed E-state index contributed by atoms with van der Waals surface area (Å²) in [7, 11) is 0. The van der Waals surface area contributed by atoms with Crippen molar-refractivity contribution in [2.24, 2.45) is 0 Å². The van der Waals surface area contributed by atoms with Crippen molar-refractivity contribution in [2.45, 2.75) is 25.9 Å².